The fraction of sp³-hybridized carbons (Fsp3) is 0.174. The number of esters is 1. The molecule has 4 aromatic rings. The summed E-state index contributed by atoms with van der Waals surface area (Å²) in [5, 5.41) is 7.94. The molecule has 2 aromatic heterocycles. The molecular weight excluding hydrogens is 451 g/mol. The predicted octanol–water partition coefficient (Wildman–Crippen LogP) is 4.99. The Labute approximate surface area is 192 Å². The molecule has 0 N–H and O–H groups in total. The Morgan fingerprint density at radius 2 is 1.64 bits per heavy atom. The van der Waals surface area contributed by atoms with Gasteiger partial charge in [-0.3, -0.25) is 0 Å². The molecule has 33 heavy (non-hydrogen) atoms. The predicted molar refractivity (Wildman–Crippen MR) is 118 cm³/mol. The molecule has 0 bridgehead atoms. The molecule has 0 aliphatic heterocycles. The van der Waals surface area contributed by atoms with Crippen molar-refractivity contribution in [3.05, 3.63) is 65.1 Å². The van der Waals surface area contributed by atoms with E-state index in [9.17, 15) is 9.18 Å². The molecule has 0 atom stereocenters. The summed E-state index contributed by atoms with van der Waals surface area (Å²) in [6, 6.07) is 12.8. The number of halogens is 1. The maximum atomic E-state index is 13.1. The average Bonchev–Trinajstić information content (AvgIpc) is 3.52. The summed E-state index contributed by atoms with van der Waals surface area (Å²) in [7, 11) is 4.52. The van der Waals surface area contributed by atoms with E-state index >= 15 is 0 Å². The van der Waals surface area contributed by atoms with Crippen LogP contribution in [0.1, 0.15) is 15.6 Å². The van der Waals surface area contributed by atoms with Gasteiger partial charge in [0.15, 0.2) is 18.1 Å². The van der Waals surface area contributed by atoms with Crippen LogP contribution in [0, 0.1) is 5.82 Å². The van der Waals surface area contributed by atoms with E-state index < -0.39 is 5.97 Å². The SMILES string of the molecule is COc1cc(-c2nnc(COC(=O)c3ccc(-c4ccc(F)cc4)s3)o2)cc(OC)c1OC. The smallest absolute Gasteiger partial charge is 0.348 e. The van der Waals surface area contributed by atoms with Crippen molar-refractivity contribution in [3.63, 3.8) is 0 Å². The fourth-order valence-electron chi connectivity index (χ4n) is 3.05. The van der Waals surface area contributed by atoms with Crippen molar-refractivity contribution in [1.82, 2.24) is 10.2 Å². The number of rotatable bonds is 8. The number of ether oxygens (including phenoxy) is 4. The van der Waals surface area contributed by atoms with E-state index in [1.165, 1.54) is 44.8 Å². The number of carbonyl (C=O) groups is 1. The van der Waals surface area contributed by atoms with Crippen molar-refractivity contribution in [2.75, 3.05) is 21.3 Å². The number of hydrogen-bond acceptors (Lipinski definition) is 9. The zero-order valence-electron chi connectivity index (χ0n) is 18.0. The quantitative estimate of drug-likeness (QED) is 0.333. The summed E-state index contributed by atoms with van der Waals surface area (Å²) >= 11 is 1.25. The second-order valence-electron chi connectivity index (χ2n) is 6.66. The van der Waals surface area contributed by atoms with Gasteiger partial charge in [-0.15, -0.1) is 21.5 Å². The summed E-state index contributed by atoms with van der Waals surface area (Å²) in [5.74, 6) is 0.799. The lowest BCUT2D eigenvalue weighted by atomic mass is 10.2. The normalized spacial score (nSPS) is 10.7. The summed E-state index contributed by atoms with van der Waals surface area (Å²) in [6.07, 6.45) is 0. The minimum Gasteiger partial charge on any atom is -0.493 e. The van der Waals surface area contributed by atoms with Gasteiger partial charge < -0.3 is 23.4 Å². The Bertz CT molecular complexity index is 1240. The minimum absolute atomic E-state index is 0.127. The molecule has 0 aliphatic carbocycles. The number of methoxy groups -OCH3 is 3. The van der Waals surface area contributed by atoms with Gasteiger partial charge in [0, 0.05) is 10.4 Å². The van der Waals surface area contributed by atoms with Crippen LogP contribution in [-0.4, -0.2) is 37.5 Å². The Balaban J connectivity index is 1.44. The van der Waals surface area contributed by atoms with Crippen LogP contribution in [0.15, 0.2) is 52.9 Å². The van der Waals surface area contributed by atoms with Crippen LogP contribution in [0.4, 0.5) is 4.39 Å². The molecule has 0 amide bonds. The van der Waals surface area contributed by atoms with Crippen LogP contribution in [0.2, 0.25) is 0 Å². The maximum absolute atomic E-state index is 13.1. The molecule has 0 aliphatic rings. The van der Waals surface area contributed by atoms with Crippen molar-refractivity contribution in [2.24, 2.45) is 0 Å². The molecule has 2 aromatic carbocycles. The van der Waals surface area contributed by atoms with Gasteiger partial charge in [-0.1, -0.05) is 12.1 Å². The third-order valence-electron chi connectivity index (χ3n) is 4.64. The zero-order chi connectivity index (χ0) is 23.4. The standard InChI is InChI=1S/C23H19FN2O6S/c1-28-16-10-14(11-17(29-2)21(16)30-3)22-26-25-20(32-22)12-31-23(27)19-9-8-18(33-19)13-4-6-15(24)7-5-13/h4-11H,12H2,1-3H3. The van der Waals surface area contributed by atoms with Gasteiger partial charge in [0.25, 0.3) is 5.89 Å². The Morgan fingerprint density at radius 1 is 0.939 bits per heavy atom. The molecule has 170 valence electrons. The highest BCUT2D eigenvalue weighted by atomic mass is 32.1. The van der Waals surface area contributed by atoms with Gasteiger partial charge in [0.2, 0.25) is 11.6 Å². The Morgan fingerprint density at radius 3 is 2.27 bits per heavy atom. The van der Waals surface area contributed by atoms with E-state index in [2.05, 4.69) is 10.2 Å². The number of hydrogen-bond donors (Lipinski definition) is 0. The Hall–Kier alpha value is -3.92. The molecule has 4 rings (SSSR count). The first-order valence-corrected chi connectivity index (χ1v) is 10.5. The van der Waals surface area contributed by atoms with E-state index in [0.717, 1.165) is 10.4 Å². The van der Waals surface area contributed by atoms with Crippen molar-refractivity contribution >= 4 is 17.3 Å². The summed E-state index contributed by atoms with van der Waals surface area (Å²) in [4.78, 5) is 13.6. The van der Waals surface area contributed by atoms with Crippen LogP contribution >= 0.6 is 11.3 Å². The monoisotopic (exact) mass is 470 g/mol. The second-order valence-corrected chi connectivity index (χ2v) is 7.75. The van der Waals surface area contributed by atoms with E-state index in [4.69, 9.17) is 23.4 Å². The van der Waals surface area contributed by atoms with Crippen molar-refractivity contribution < 1.29 is 32.5 Å². The third-order valence-corrected chi connectivity index (χ3v) is 5.76. The molecule has 0 fully saturated rings. The molecule has 0 saturated heterocycles. The highest BCUT2D eigenvalue weighted by Crippen LogP contribution is 2.40. The molecule has 2 heterocycles. The zero-order valence-corrected chi connectivity index (χ0v) is 18.8. The summed E-state index contributed by atoms with van der Waals surface area (Å²) in [6.45, 7) is -0.194. The van der Waals surface area contributed by atoms with Crippen LogP contribution in [-0.2, 0) is 11.3 Å². The van der Waals surface area contributed by atoms with Gasteiger partial charge >= 0.3 is 5.97 Å². The summed E-state index contributed by atoms with van der Waals surface area (Å²) < 4.78 is 40.0. The molecule has 0 radical (unpaired) electrons. The van der Waals surface area contributed by atoms with Gasteiger partial charge in [-0.25, -0.2) is 9.18 Å². The minimum atomic E-state index is -0.527. The first-order chi connectivity index (χ1) is 16.0. The van der Waals surface area contributed by atoms with Crippen LogP contribution in [0.5, 0.6) is 17.2 Å². The van der Waals surface area contributed by atoms with Gasteiger partial charge in [0.1, 0.15) is 10.7 Å². The number of aromatic nitrogens is 2. The first-order valence-electron chi connectivity index (χ1n) is 9.68. The number of thiophene rings is 1. The lowest BCUT2D eigenvalue weighted by Crippen LogP contribution is -2.03. The largest absolute Gasteiger partial charge is 0.493 e. The average molecular weight is 470 g/mol. The maximum Gasteiger partial charge on any atom is 0.348 e. The lowest BCUT2D eigenvalue weighted by Gasteiger charge is -2.12. The van der Waals surface area contributed by atoms with Crippen LogP contribution < -0.4 is 14.2 Å². The second kappa shape index (κ2) is 9.70. The van der Waals surface area contributed by atoms with Gasteiger partial charge in [-0.05, 0) is 42.0 Å². The van der Waals surface area contributed by atoms with Gasteiger partial charge in [0.05, 0.1) is 21.3 Å². The fourth-order valence-corrected chi connectivity index (χ4v) is 3.95. The summed E-state index contributed by atoms with van der Waals surface area (Å²) in [5.41, 5.74) is 1.36. The molecule has 0 saturated carbocycles. The van der Waals surface area contributed by atoms with Crippen molar-refractivity contribution in [2.45, 2.75) is 6.61 Å². The molecule has 0 unspecified atom stereocenters. The highest BCUT2D eigenvalue weighted by molar-refractivity contribution is 7.17. The molecule has 0 spiro atoms. The highest BCUT2D eigenvalue weighted by Gasteiger charge is 2.19. The molecule has 8 nitrogen and oxygen atoms in total. The first kappa shape index (κ1) is 22.3. The Kier molecular flexibility index (Phi) is 6.55. The lowest BCUT2D eigenvalue weighted by molar-refractivity contribution is 0.0444. The van der Waals surface area contributed by atoms with Crippen LogP contribution in [0.25, 0.3) is 21.9 Å². The number of benzene rings is 2. The number of nitrogens with zero attached hydrogens (tertiary/aromatic N) is 2. The topological polar surface area (TPSA) is 92.9 Å². The van der Waals surface area contributed by atoms with Crippen LogP contribution in [0.3, 0.4) is 0 Å². The number of carbonyl (C=O) groups excluding carboxylic acids is 1. The van der Waals surface area contributed by atoms with E-state index in [0.29, 0.717) is 27.7 Å². The van der Waals surface area contributed by atoms with Gasteiger partial charge in [-0.2, -0.15) is 0 Å². The van der Waals surface area contributed by atoms with E-state index in [1.54, 1.807) is 36.4 Å². The van der Waals surface area contributed by atoms with E-state index in [-0.39, 0.29) is 24.2 Å². The molecule has 10 heteroatoms. The third kappa shape index (κ3) is 4.80. The van der Waals surface area contributed by atoms with E-state index in [1.807, 2.05) is 0 Å². The van der Waals surface area contributed by atoms with Crippen molar-refractivity contribution in [3.8, 4) is 39.1 Å². The van der Waals surface area contributed by atoms with Crippen molar-refractivity contribution in [1.29, 1.82) is 0 Å². The molecular formula is C23H19FN2O6S.